The summed E-state index contributed by atoms with van der Waals surface area (Å²) in [5.41, 5.74) is 0.869. The maximum absolute atomic E-state index is 12.1. The number of hydrogen-bond acceptors (Lipinski definition) is 7. The van der Waals surface area contributed by atoms with E-state index in [-0.39, 0.29) is 5.97 Å². The van der Waals surface area contributed by atoms with Crippen LogP contribution >= 0.6 is 11.3 Å². The van der Waals surface area contributed by atoms with Gasteiger partial charge in [0.1, 0.15) is 21.9 Å². The molecular weight excluding hydrogens is 326 g/mol. The Kier molecular flexibility index (Phi) is 5.63. The topological polar surface area (TPSA) is 73.3 Å². The van der Waals surface area contributed by atoms with Crippen LogP contribution in [0.3, 0.4) is 0 Å². The van der Waals surface area contributed by atoms with E-state index in [1.54, 1.807) is 6.92 Å². The summed E-state index contributed by atoms with van der Waals surface area (Å²) in [7, 11) is 0. The van der Waals surface area contributed by atoms with Crippen LogP contribution in [-0.2, 0) is 9.47 Å². The number of ether oxygens (including phenoxy) is 2. The van der Waals surface area contributed by atoms with Gasteiger partial charge in [0.05, 0.1) is 24.7 Å². The number of anilines is 1. The van der Waals surface area contributed by atoms with Gasteiger partial charge in [-0.1, -0.05) is 12.8 Å². The van der Waals surface area contributed by atoms with Gasteiger partial charge in [0.2, 0.25) is 0 Å². The third-order valence-corrected chi connectivity index (χ3v) is 5.42. The Morgan fingerprint density at radius 1 is 1.38 bits per heavy atom. The van der Waals surface area contributed by atoms with Crippen LogP contribution < -0.4 is 5.32 Å². The van der Waals surface area contributed by atoms with Gasteiger partial charge in [0.15, 0.2) is 0 Å². The first-order valence-electron chi connectivity index (χ1n) is 8.47. The average Bonchev–Trinajstić information content (AvgIpc) is 3.20. The van der Waals surface area contributed by atoms with Crippen molar-refractivity contribution in [2.75, 3.05) is 25.1 Å². The fourth-order valence-electron chi connectivity index (χ4n) is 3.05. The lowest BCUT2D eigenvalue weighted by Crippen LogP contribution is -2.16. The monoisotopic (exact) mass is 349 g/mol. The fraction of sp³-hybridized carbons (Fsp3) is 0.588. The zero-order valence-electron chi connectivity index (χ0n) is 14.1. The second-order valence-electron chi connectivity index (χ2n) is 5.88. The molecule has 1 aliphatic carbocycles. The van der Waals surface area contributed by atoms with E-state index in [1.807, 2.05) is 6.92 Å². The molecule has 6 nitrogen and oxygen atoms in total. The summed E-state index contributed by atoms with van der Waals surface area (Å²) in [6.45, 7) is 5.42. The zero-order chi connectivity index (χ0) is 16.9. The van der Waals surface area contributed by atoms with Crippen molar-refractivity contribution < 1.29 is 14.3 Å². The minimum Gasteiger partial charge on any atom is -0.462 e. The van der Waals surface area contributed by atoms with Crippen LogP contribution in [0.1, 0.15) is 47.8 Å². The van der Waals surface area contributed by atoms with Crippen molar-refractivity contribution in [3.8, 4) is 0 Å². The van der Waals surface area contributed by atoms with E-state index in [0.717, 1.165) is 21.6 Å². The molecule has 0 atom stereocenters. The van der Waals surface area contributed by atoms with Crippen LogP contribution in [0.5, 0.6) is 0 Å². The first kappa shape index (κ1) is 17.1. The maximum Gasteiger partial charge on any atom is 0.348 e. The van der Waals surface area contributed by atoms with Crippen molar-refractivity contribution in [1.29, 1.82) is 0 Å². The highest BCUT2D eigenvalue weighted by molar-refractivity contribution is 7.20. The molecule has 1 fully saturated rings. The summed E-state index contributed by atoms with van der Waals surface area (Å²) >= 11 is 1.35. The molecule has 0 amide bonds. The average molecular weight is 349 g/mol. The van der Waals surface area contributed by atoms with E-state index in [0.29, 0.717) is 30.7 Å². The molecule has 0 spiro atoms. The van der Waals surface area contributed by atoms with Crippen molar-refractivity contribution in [3.63, 3.8) is 0 Å². The molecule has 0 aromatic carbocycles. The molecule has 7 heteroatoms. The van der Waals surface area contributed by atoms with Crippen molar-refractivity contribution >= 4 is 33.3 Å². The van der Waals surface area contributed by atoms with Crippen LogP contribution in [0, 0.1) is 6.92 Å². The molecular formula is C17H23N3O3S. The van der Waals surface area contributed by atoms with Gasteiger partial charge < -0.3 is 14.8 Å². The summed E-state index contributed by atoms with van der Waals surface area (Å²) in [4.78, 5) is 22.1. The van der Waals surface area contributed by atoms with Crippen LogP contribution in [0.25, 0.3) is 10.2 Å². The molecule has 3 rings (SSSR count). The van der Waals surface area contributed by atoms with E-state index in [9.17, 15) is 4.79 Å². The fourth-order valence-corrected chi connectivity index (χ4v) is 4.09. The number of nitrogens with one attached hydrogen (secondary N) is 1. The SMILES string of the molecule is CCOC(=O)c1sc2ncnc(NCCOC3CCCC3)c2c1C. The Balaban J connectivity index is 1.69. The lowest BCUT2D eigenvalue weighted by atomic mass is 10.2. The van der Waals surface area contributed by atoms with Crippen LogP contribution in [0.2, 0.25) is 0 Å². The summed E-state index contributed by atoms with van der Waals surface area (Å²) in [6, 6.07) is 0. The summed E-state index contributed by atoms with van der Waals surface area (Å²) < 4.78 is 11.0. The van der Waals surface area contributed by atoms with E-state index in [2.05, 4.69) is 15.3 Å². The highest BCUT2D eigenvalue weighted by Crippen LogP contribution is 2.33. The highest BCUT2D eigenvalue weighted by Gasteiger charge is 2.20. The third kappa shape index (κ3) is 3.67. The van der Waals surface area contributed by atoms with Gasteiger partial charge in [-0.3, -0.25) is 0 Å². The van der Waals surface area contributed by atoms with Gasteiger partial charge in [0, 0.05) is 6.54 Å². The molecule has 130 valence electrons. The summed E-state index contributed by atoms with van der Waals surface area (Å²) in [5, 5.41) is 4.21. The summed E-state index contributed by atoms with van der Waals surface area (Å²) in [6.07, 6.45) is 6.82. The van der Waals surface area contributed by atoms with E-state index in [4.69, 9.17) is 9.47 Å². The number of nitrogens with zero attached hydrogens (tertiary/aromatic N) is 2. The smallest absolute Gasteiger partial charge is 0.348 e. The Morgan fingerprint density at radius 2 is 2.17 bits per heavy atom. The second-order valence-corrected chi connectivity index (χ2v) is 6.88. The van der Waals surface area contributed by atoms with Gasteiger partial charge in [0.25, 0.3) is 0 Å². The minimum atomic E-state index is -0.298. The molecule has 24 heavy (non-hydrogen) atoms. The first-order valence-corrected chi connectivity index (χ1v) is 9.29. The number of carbonyl (C=O) groups is 1. The lowest BCUT2D eigenvalue weighted by molar-refractivity contribution is 0.0531. The normalized spacial score (nSPS) is 15.1. The maximum atomic E-state index is 12.1. The Bertz CT molecular complexity index is 710. The van der Waals surface area contributed by atoms with Gasteiger partial charge in [-0.2, -0.15) is 0 Å². The van der Waals surface area contributed by atoms with Crippen molar-refractivity contribution in [2.24, 2.45) is 0 Å². The predicted octanol–water partition coefficient (Wildman–Crippen LogP) is 3.55. The molecule has 0 saturated heterocycles. The number of fused-ring (bicyclic) bond motifs is 1. The number of thiophene rings is 1. The van der Waals surface area contributed by atoms with Crippen molar-refractivity contribution in [2.45, 2.75) is 45.6 Å². The standard InChI is InChI=1S/C17H23N3O3S/c1-3-22-17(21)14-11(2)13-15(19-10-20-16(13)24-14)18-8-9-23-12-6-4-5-7-12/h10,12H,3-9H2,1-2H3,(H,18,19,20). The molecule has 0 bridgehead atoms. The molecule has 0 aliphatic heterocycles. The lowest BCUT2D eigenvalue weighted by Gasteiger charge is -2.12. The first-order chi connectivity index (χ1) is 11.7. The number of aromatic nitrogens is 2. The number of carbonyl (C=O) groups excluding carboxylic acids is 1. The van der Waals surface area contributed by atoms with Crippen LogP contribution in [-0.4, -0.2) is 41.8 Å². The summed E-state index contributed by atoms with van der Waals surface area (Å²) in [5.74, 6) is 0.452. The second kappa shape index (κ2) is 7.90. The number of esters is 1. The zero-order valence-corrected chi connectivity index (χ0v) is 14.9. The molecule has 0 radical (unpaired) electrons. The third-order valence-electron chi connectivity index (χ3n) is 4.24. The Labute approximate surface area is 145 Å². The molecule has 2 aromatic rings. The van der Waals surface area contributed by atoms with Gasteiger partial charge in [-0.15, -0.1) is 11.3 Å². The highest BCUT2D eigenvalue weighted by atomic mass is 32.1. The van der Waals surface area contributed by atoms with Gasteiger partial charge >= 0.3 is 5.97 Å². The molecule has 1 N–H and O–H groups in total. The quantitative estimate of drug-likeness (QED) is 0.609. The van der Waals surface area contributed by atoms with E-state index < -0.39 is 0 Å². The van der Waals surface area contributed by atoms with Gasteiger partial charge in [-0.05, 0) is 32.3 Å². The largest absolute Gasteiger partial charge is 0.462 e. The molecule has 1 saturated carbocycles. The van der Waals surface area contributed by atoms with Crippen molar-refractivity contribution in [1.82, 2.24) is 9.97 Å². The Morgan fingerprint density at radius 3 is 2.92 bits per heavy atom. The molecule has 0 unspecified atom stereocenters. The van der Waals surface area contributed by atoms with Gasteiger partial charge in [-0.25, -0.2) is 14.8 Å². The molecule has 2 heterocycles. The minimum absolute atomic E-state index is 0.298. The molecule has 1 aliphatic rings. The number of aryl methyl sites for hydroxylation is 1. The number of hydrogen-bond donors (Lipinski definition) is 1. The van der Waals surface area contributed by atoms with E-state index >= 15 is 0 Å². The number of rotatable bonds is 7. The molecule has 2 aromatic heterocycles. The van der Waals surface area contributed by atoms with Crippen LogP contribution in [0.4, 0.5) is 5.82 Å². The predicted molar refractivity (Wildman–Crippen MR) is 94.8 cm³/mol. The van der Waals surface area contributed by atoms with Crippen molar-refractivity contribution in [3.05, 3.63) is 16.8 Å². The Hall–Kier alpha value is -1.73. The van der Waals surface area contributed by atoms with Crippen LogP contribution in [0.15, 0.2) is 6.33 Å². The van der Waals surface area contributed by atoms with E-state index in [1.165, 1.54) is 43.3 Å².